The molecular formula is C14H21Cl2NO. The summed E-state index contributed by atoms with van der Waals surface area (Å²) in [5.41, 5.74) is 0. The van der Waals surface area contributed by atoms with Crippen LogP contribution in [0.25, 0.3) is 0 Å². The molecule has 2 nitrogen and oxygen atoms in total. The predicted octanol–water partition coefficient (Wildman–Crippen LogP) is 4.54. The van der Waals surface area contributed by atoms with Crippen LogP contribution < -0.4 is 10.1 Å². The molecule has 0 amide bonds. The van der Waals surface area contributed by atoms with Gasteiger partial charge in [-0.3, -0.25) is 0 Å². The van der Waals surface area contributed by atoms with Crippen LogP contribution in [-0.4, -0.2) is 19.2 Å². The normalized spacial score (nSPS) is 10.9. The molecule has 0 unspecified atom stereocenters. The number of nitrogens with one attached hydrogen (secondary N) is 1. The first kappa shape index (κ1) is 15.6. The van der Waals surface area contributed by atoms with Crippen molar-refractivity contribution in [1.82, 2.24) is 5.32 Å². The van der Waals surface area contributed by atoms with E-state index in [-0.39, 0.29) is 0 Å². The third kappa shape index (κ3) is 7.10. The summed E-state index contributed by atoms with van der Waals surface area (Å²) in [6, 6.07) is 5.84. The molecular weight excluding hydrogens is 269 g/mol. The van der Waals surface area contributed by atoms with Crippen LogP contribution in [0.3, 0.4) is 0 Å². The summed E-state index contributed by atoms with van der Waals surface area (Å²) in [4.78, 5) is 0. The molecule has 1 aromatic rings. The van der Waals surface area contributed by atoms with E-state index in [1.807, 2.05) is 0 Å². The molecule has 1 N–H and O–H groups in total. The molecule has 18 heavy (non-hydrogen) atoms. The van der Waals surface area contributed by atoms with Crippen LogP contribution in [0.2, 0.25) is 10.0 Å². The molecule has 0 aliphatic rings. The number of rotatable bonds is 8. The maximum absolute atomic E-state index is 5.89. The Morgan fingerprint density at radius 3 is 2.33 bits per heavy atom. The molecule has 102 valence electrons. The van der Waals surface area contributed by atoms with E-state index in [0.717, 1.165) is 25.1 Å². The minimum Gasteiger partial charge on any atom is -0.493 e. The quantitative estimate of drug-likeness (QED) is 0.710. The molecule has 0 radical (unpaired) electrons. The van der Waals surface area contributed by atoms with Gasteiger partial charge in [0.2, 0.25) is 0 Å². The first-order valence-electron chi connectivity index (χ1n) is 6.40. The highest BCUT2D eigenvalue weighted by atomic mass is 35.5. The minimum atomic E-state index is 0.565. The lowest BCUT2D eigenvalue weighted by molar-refractivity contribution is 0.304. The summed E-state index contributed by atoms with van der Waals surface area (Å²) in [6.45, 7) is 6.09. The highest BCUT2D eigenvalue weighted by Gasteiger charge is 1.99. The highest BCUT2D eigenvalue weighted by Crippen LogP contribution is 2.24. The highest BCUT2D eigenvalue weighted by molar-refractivity contribution is 6.34. The van der Waals surface area contributed by atoms with Gasteiger partial charge in [0.05, 0.1) is 6.61 Å². The lowest BCUT2D eigenvalue weighted by atomic mass is 10.2. The van der Waals surface area contributed by atoms with E-state index in [2.05, 4.69) is 19.2 Å². The number of hydrogen-bond donors (Lipinski definition) is 1. The fraction of sp³-hybridized carbons (Fsp3) is 0.571. The zero-order valence-electron chi connectivity index (χ0n) is 11.0. The molecule has 0 saturated carbocycles. The van der Waals surface area contributed by atoms with E-state index < -0.39 is 0 Å². The number of hydrogen-bond acceptors (Lipinski definition) is 2. The summed E-state index contributed by atoms with van der Waals surface area (Å²) in [5, 5.41) is 4.61. The largest absolute Gasteiger partial charge is 0.493 e. The number of halogens is 2. The van der Waals surface area contributed by atoms with Crippen molar-refractivity contribution in [3.05, 3.63) is 28.2 Å². The van der Waals surface area contributed by atoms with E-state index in [0.29, 0.717) is 22.7 Å². The second-order valence-electron chi connectivity index (χ2n) is 4.62. The molecule has 0 heterocycles. The summed E-state index contributed by atoms with van der Waals surface area (Å²) >= 11 is 11.8. The molecule has 1 aromatic carbocycles. The van der Waals surface area contributed by atoms with Crippen molar-refractivity contribution in [1.29, 1.82) is 0 Å². The summed E-state index contributed by atoms with van der Waals surface area (Å²) in [5.74, 6) is 0.743. The Morgan fingerprint density at radius 2 is 1.72 bits per heavy atom. The van der Waals surface area contributed by atoms with E-state index in [1.165, 1.54) is 6.42 Å². The monoisotopic (exact) mass is 289 g/mol. The number of unbranched alkanes of at least 4 members (excludes halogenated alkanes) is 2. The van der Waals surface area contributed by atoms with E-state index in [4.69, 9.17) is 27.9 Å². The van der Waals surface area contributed by atoms with Gasteiger partial charge in [-0.25, -0.2) is 0 Å². The Morgan fingerprint density at radius 1 is 1.06 bits per heavy atom. The second kappa shape index (κ2) is 8.63. The molecule has 0 saturated heterocycles. The smallest absolute Gasteiger partial charge is 0.122 e. The molecule has 0 atom stereocenters. The van der Waals surface area contributed by atoms with Crippen LogP contribution >= 0.6 is 23.2 Å². The average molecular weight is 290 g/mol. The fourth-order valence-electron chi connectivity index (χ4n) is 1.60. The SMILES string of the molecule is CC(C)NCCCCCOc1cc(Cl)cc(Cl)c1. The predicted molar refractivity (Wildman–Crippen MR) is 78.9 cm³/mol. The first-order valence-corrected chi connectivity index (χ1v) is 7.16. The molecule has 0 aromatic heterocycles. The third-order valence-corrected chi connectivity index (χ3v) is 2.91. The van der Waals surface area contributed by atoms with Crippen molar-refractivity contribution in [3.8, 4) is 5.75 Å². The Kier molecular flexibility index (Phi) is 7.48. The lowest BCUT2D eigenvalue weighted by Crippen LogP contribution is -2.23. The number of ether oxygens (including phenoxy) is 1. The maximum Gasteiger partial charge on any atom is 0.122 e. The lowest BCUT2D eigenvalue weighted by Gasteiger charge is -2.09. The Labute approximate surface area is 120 Å². The zero-order valence-corrected chi connectivity index (χ0v) is 12.5. The van der Waals surface area contributed by atoms with Crippen LogP contribution in [0.5, 0.6) is 5.75 Å². The van der Waals surface area contributed by atoms with Gasteiger partial charge in [-0.1, -0.05) is 37.0 Å². The van der Waals surface area contributed by atoms with Crippen molar-refractivity contribution in [2.75, 3.05) is 13.2 Å². The van der Waals surface area contributed by atoms with Crippen molar-refractivity contribution >= 4 is 23.2 Å². The van der Waals surface area contributed by atoms with Gasteiger partial charge in [0, 0.05) is 16.1 Å². The standard InChI is InChI=1S/C14H21Cl2NO/c1-11(2)17-6-4-3-5-7-18-14-9-12(15)8-13(16)10-14/h8-11,17H,3-7H2,1-2H3. The topological polar surface area (TPSA) is 21.3 Å². The van der Waals surface area contributed by atoms with Gasteiger partial charge >= 0.3 is 0 Å². The zero-order chi connectivity index (χ0) is 13.4. The molecule has 0 fully saturated rings. The van der Waals surface area contributed by atoms with Crippen LogP contribution in [0.15, 0.2) is 18.2 Å². The Balaban J connectivity index is 2.10. The van der Waals surface area contributed by atoms with Gasteiger partial charge in [-0.15, -0.1) is 0 Å². The van der Waals surface area contributed by atoms with E-state index >= 15 is 0 Å². The van der Waals surface area contributed by atoms with E-state index in [1.54, 1.807) is 18.2 Å². The van der Waals surface area contributed by atoms with Crippen molar-refractivity contribution in [2.24, 2.45) is 0 Å². The van der Waals surface area contributed by atoms with Crippen LogP contribution in [0, 0.1) is 0 Å². The van der Waals surface area contributed by atoms with Gasteiger partial charge in [-0.2, -0.15) is 0 Å². The van der Waals surface area contributed by atoms with Gasteiger partial charge < -0.3 is 10.1 Å². The van der Waals surface area contributed by atoms with Gasteiger partial charge in [-0.05, 0) is 44.0 Å². The van der Waals surface area contributed by atoms with Crippen molar-refractivity contribution in [3.63, 3.8) is 0 Å². The van der Waals surface area contributed by atoms with Crippen molar-refractivity contribution < 1.29 is 4.74 Å². The summed E-state index contributed by atoms with van der Waals surface area (Å²) in [6.07, 6.45) is 3.38. The summed E-state index contributed by atoms with van der Waals surface area (Å²) < 4.78 is 5.61. The van der Waals surface area contributed by atoms with E-state index in [9.17, 15) is 0 Å². The first-order chi connectivity index (χ1) is 8.58. The fourth-order valence-corrected chi connectivity index (χ4v) is 2.10. The van der Waals surface area contributed by atoms with Crippen LogP contribution in [0.1, 0.15) is 33.1 Å². The average Bonchev–Trinajstić information content (AvgIpc) is 2.26. The van der Waals surface area contributed by atoms with Gasteiger partial charge in [0.25, 0.3) is 0 Å². The number of benzene rings is 1. The van der Waals surface area contributed by atoms with Crippen molar-refractivity contribution in [2.45, 2.75) is 39.2 Å². The Bertz CT molecular complexity index is 335. The molecule has 1 rings (SSSR count). The maximum atomic E-state index is 5.89. The molecule has 0 aliphatic carbocycles. The second-order valence-corrected chi connectivity index (χ2v) is 5.50. The third-order valence-electron chi connectivity index (χ3n) is 2.48. The van der Waals surface area contributed by atoms with Gasteiger partial charge in [0.15, 0.2) is 0 Å². The molecule has 0 bridgehead atoms. The molecule has 0 aliphatic heterocycles. The van der Waals surface area contributed by atoms with Crippen LogP contribution in [0.4, 0.5) is 0 Å². The van der Waals surface area contributed by atoms with Gasteiger partial charge in [0.1, 0.15) is 5.75 Å². The molecule has 0 spiro atoms. The minimum absolute atomic E-state index is 0.565. The summed E-state index contributed by atoms with van der Waals surface area (Å²) in [7, 11) is 0. The molecule has 4 heteroatoms. The Hall–Kier alpha value is -0.440. The van der Waals surface area contributed by atoms with Crippen LogP contribution in [-0.2, 0) is 0 Å².